The molecule has 0 aliphatic heterocycles. The number of unbranched alkanes of at least 4 members (excludes halogenated alkanes) is 1. The van der Waals surface area contributed by atoms with E-state index in [0.717, 1.165) is 6.42 Å². The molecule has 0 spiro atoms. The highest BCUT2D eigenvalue weighted by Gasteiger charge is 2.21. The predicted molar refractivity (Wildman–Crippen MR) is 62.8 cm³/mol. The molecule has 0 aliphatic carbocycles. The van der Waals surface area contributed by atoms with Crippen molar-refractivity contribution in [3.63, 3.8) is 0 Å². The second-order valence-electron chi connectivity index (χ2n) is 3.47. The van der Waals surface area contributed by atoms with Gasteiger partial charge in [-0.2, -0.15) is 5.10 Å². The van der Waals surface area contributed by atoms with Crippen molar-refractivity contribution in [3.8, 4) is 12.3 Å². The summed E-state index contributed by atoms with van der Waals surface area (Å²) in [6.45, 7) is 3.91. The second kappa shape index (κ2) is 4.89. The molecule has 0 aliphatic rings. The molecule has 0 unspecified atom stereocenters. The molecule has 1 aromatic rings. The maximum atomic E-state index is 11.3. The van der Waals surface area contributed by atoms with E-state index in [-0.39, 0.29) is 4.90 Å². The van der Waals surface area contributed by atoms with Crippen LogP contribution in [0.3, 0.4) is 0 Å². The van der Waals surface area contributed by atoms with Crippen molar-refractivity contribution >= 4 is 19.7 Å². The van der Waals surface area contributed by atoms with Gasteiger partial charge in [0.1, 0.15) is 4.90 Å². The van der Waals surface area contributed by atoms with Gasteiger partial charge in [0.2, 0.25) is 0 Å². The van der Waals surface area contributed by atoms with Crippen molar-refractivity contribution < 1.29 is 8.42 Å². The Morgan fingerprint density at radius 1 is 1.50 bits per heavy atom. The molecule has 0 saturated heterocycles. The van der Waals surface area contributed by atoms with Crippen molar-refractivity contribution in [2.24, 2.45) is 0 Å². The molecular weight excluding hydrogens is 248 g/mol. The van der Waals surface area contributed by atoms with E-state index in [1.54, 1.807) is 18.5 Å². The van der Waals surface area contributed by atoms with Gasteiger partial charge >= 0.3 is 0 Å². The first-order chi connectivity index (χ1) is 7.38. The molecular formula is C10H13ClN2O2S. The first kappa shape index (κ1) is 13.1. The third-order valence-corrected chi connectivity index (χ3v) is 3.79. The number of halogens is 1. The summed E-state index contributed by atoms with van der Waals surface area (Å²) in [6, 6.07) is 0. The number of rotatable bonds is 4. The van der Waals surface area contributed by atoms with Crippen LogP contribution in [0.2, 0.25) is 0 Å². The zero-order chi connectivity index (χ0) is 12.3. The third-order valence-electron chi connectivity index (χ3n) is 2.25. The molecule has 4 nitrogen and oxygen atoms in total. The Morgan fingerprint density at radius 2 is 2.12 bits per heavy atom. The Bertz CT molecular complexity index is 526. The smallest absolute Gasteiger partial charge is 0.264 e. The Kier molecular flexibility index (Phi) is 4.00. The largest absolute Gasteiger partial charge is 0.268 e. The third kappa shape index (κ3) is 2.77. The molecule has 1 rings (SSSR count). The maximum Gasteiger partial charge on any atom is 0.264 e. The first-order valence-corrected chi connectivity index (χ1v) is 7.11. The van der Waals surface area contributed by atoms with Gasteiger partial charge in [-0.15, -0.1) is 12.3 Å². The summed E-state index contributed by atoms with van der Waals surface area (Å²) < 4.78 is 24.2. The molecule has 16 heavy (non-hydrogen) atoms. The lowest BCUT2D eigenvalue weighted by molar-refractivity contribution is 0.567. The lowest BCUT2D eigenvalue weighted by Crippen LogP contribution is -2.03. The Balaban J connectivity index is 3.04. The minimum absolute atomic E-state index is 0.106. The minimum Gasteiger partial charge on any atom is -0.268 e. The van der Waals surface area contributed by atoms with Crippen LogP contribution in [0.25, 0.3) is 0 Å². The van der Waals surface area contributed by atoms with E-state index in [1.807, 2.05) is 0 Å². The van der Waals surface area contributed by atoms with Crippen molar-refractivity contribution in [2.75, 3.05) is 0 Å². The van der Waals surface area contributed by atoms with Crippen LogP contribution >= 0.6 is 10.7 Å². The van der Waals surface area contributed by atoms with Crippen LogP contribution in [0.5, 0.6) is 0 Å². The molecule has 0 saturated carbocycles. The van der Waals surface area contributed by atoms with Crippen molar-refractivity contribution in [1.29, 1.82) is 0 Å². The molecule has 0 amide bonds. The monoisotopic (exact) mass is 260 g/mol. The molecule has 6 heteroatoms. The summed E-state index contributed by atoms with van der Waals surface area (Å²) in [5.74, 6) is 2.52. The van der Waals surface area contributed by atoms with Crippen LogP contribution in [0.1, 0.15) is 24.2 Å². The summed E-state index contributed by atoms with van der Waals surface area (Å²) in [5.41, 5.74) is 0.984. The van der Waals surface area contributed by atoms with Crippen LogP contribution < -0.4 is 0 Å². The number of aryl methyl sites for hydroxylation is 2. The molecule has 0 N–H and O–H groups in total. The minimum atomic E-state index is -3.73. The Hall–Kier alpha value is -0.990. The van der Waals surface area contributed by atoms with Gasteiger partial charge in [-0.25, -0.2) is 8.42 Å². The maximum absolute atomic E-state index is 11.3. The Labute approximate surface area is 100 Å². The lowest BCUT2D eigenvalue weighted by atomic mass is 10.3. The lowest BCUT2D eigenvalue weighted by Gasteiger charge is -2.02. The number of hydrogen-bond donors (Lipinski definition) is 0. The van der Waals surface area contributed by atoms with E-state index in [0.29, 0.717) is 24.4 Å². The zero-order valence-electron chi connectivity index (χ0n) is 9.20. The molecule has 0 bridgehead atoms. The van der Waals surface area contributed by atoms with Gasteiger partial charge in [-0.05, 0) is 20.3 Å². The average molecular weight is 261 g/mol. The Morgan fingerprint density at radius 3 is 2.56 bits per heavy atom. The molecule has 0 atom stereocenters. The topological polar surface area (TPSA) is 52.0 Å². The average Bonchev–Trinajstić information content (AvgIpc) is 2.41. The normalized spacial score (nSPS) is 11.4. The standard InChI is InChI=1S/C10H13ClN2O2S/c1-4-5-6-7-13-9(3)10(8(2)12-13)16(11,14)15/h1H,5-7H2,2-3H3. The quantitative estimate of drug-likeness (QED) is 0.472. The van der Waals surface area contributed by atoms with E-state index in [9.17, 15) is 8.42 Å². The summed E-state index contributed by atoms with van der Waals surface area (Å²) in [5, 5.41) is 4.13. The first-order valence-electron chi connectivity index (χ1n) is 4.80. The van der Waals surface area contributed by atoms with Gasteiger partial charge in [0.05, 0.1) is 11.4 Å². The van der Waals surface area contributed by atoms with Gasteiger partial charge in [-0.1, -0.05) is 0 Å². The van der Waals surface area contributed by atoms with E-state index >= 15 is 0 Å². The number of terminal acetylenes is 1. The van der Waals surface area contributed by atoms with Crippen molar-refractivity contribution in [2.45, 2.75) is 38.1 Å². The van der Waals surface area contributed by atoms with Crippen LogP contribution in [0, 0.1) is 26.2 Å². The van der Waals surface area contributed by atoms with Crippen molar-refractivity contribution in [3.05, 3.63) is 11.4 Å². The second-order valence-corrected chi connectivity index (χ2v) is 5.97. The summed E-state index contributed by atoms with van der Waals surface area (Å²) in [7, 11) is 1.60. The summed E-state index contributed by atoms with van der Waals surface area (Å²) in [6.07, 6.45) is 6.54. The highest BCUT2D eigenvalue weighted by molar-refractivity contribution is 8.13. The highest BCUT2D eigenvalue weighted by atomic mass is 35.7. The van der Waals surface area contributed by atoms with Gasteiger partial charge in [-0.3, -0.25) is 4.68 Å². The van der Waals surface area contributed by atoms with Gasteiger partial charge in [0.25, 0.3) is 9.05 Å². The fourth-order valence-electron chi connectivity index (χ4n) is 1.58. The predicted octanol–water partition coefficient (Wildman–Crippen LogP) is 1.84. The number of aromatic nitrogens is 2. The van der Waals surface area contributed by atoms with Gasteiger partial charge < -0.3 is 0 Å². The fourth-order valence-corrected chi connectivity index (χ4v) is 3.10. The summed E-state index contributed by atoms with van der Waals surface area (Å²) >= 11 is 0. The van der Waals surface area contributed by atoms with Crippen LogP contribution in [0.4, 0.5) is 0 Å². The highest BCUT2D eigenvalue weighted by Crippen LogP contribution is 2.23. The zero-order valence-corrected chi connectivity index (χ0v) is 10.8. The van der Waals surface area contributed by atoms with Gasteiger partial charge in [0.15, 0.2) is 0 Å². The summed E-state index contributed by atoms with van der Waals surface area (Å²) in [4.78, 5) is 0.106. The van der Waals surface area contributed by atoms with Crippen molar-refractivity contribution in [1.82, 2.24) is 9.78 Å². The molecule has 1 heterocycles. The van der Waals surface area contributed by atoms with Crippen LogP contribution in [0.15, 0.2) is 4.90 Å². The van der Waals surface area contributed by atoms with Crippen LogP contribution in [-0.4, -0.2) is 18.2 Å². The van der Waals surface area contributed by atoms with E-state index in [1.165, 1.54) is 0 Å². The van der Waals surface area contributed by atoms with E-state index in [4.69, 9.17) is 17.1 Å². The van der Waals surface area contributed by atoms with E-state index in [2.05, 4.69) is 11.0 Å². The molecule has 88 valence electrons. The fraction of sp³-hybridized carbons (Fsp3) is 0.500. The molecule has 1 aromatic heterocycles. The number of hydrogen-bond acceptors (Lipinski definition) is 3. The molecule has 0 radical (unpaired) electrons. The van der Waals surface area contributed by atoms with E-state index < -0.39 is 9.05 Å². The van der Waals surface area contributed by atoms with Gasteiger partial charge in [0, 0.05) is 23.6 Å². The molecule has 0 fully saturated rings. The number of nitrogens with zero attached hydrogens (tertiary/aromatic N) is 2. The van der Waals surface area contributed by atoms with Crippen LogP contribution in [-0.2, 0) is 15.6 Å². The molecule has 0 aromatic carbocycles. The SMILES string of the molecule is C#CCCCn1nc(C)c(S(=O)(=O)Cl)c1C.